The first-order chi connectivity index (χ1) is 15.9. The summed E-state index contributed by atoms with van der Waals surface area (Å²) in [6.45, 7) is 1.07. The minimum absolute atomic E-state index is 0.0422. The summed E-state index contributed by atoms with van der Waals surface area (Å²) in [5, 5.41) is 9.10. The fourth-order valence-electron chi connectivity index (χ4n) is 3.73. The first kappa shape index (κ1) is 23.3. The zero-order valence-electron chi connectivity index (χ0n) is 18.3. The van der Waals surface area contributed by atoms with E-state index in [0.717, 1.165) is 12.0 Å². The van der Waals surface area contributed by atoms with Crippen LogP contribution in [0.4, 0.5) is 5.95 Å². The molecule has 1 aliphatic rings. The Kier molecular flexibility index (Phi) is 7.06. The molecule has 4 rings (SSSR count). The van der Waals surface area contributed by atoms with Crippen LogP contribution in [0.5, 0.6) is 11.5 Å². The first-order valence-corrected chi connectivity index (χ1v) is 12.4. The van der Waals surface area contributed by atoms with Crippen LogP contribution in [0.25, 0.3) is 5.69 Å². The van der Waals surface area contributed by atoms with E-state index in [4.69, 9.17) is 25.8 Å². The molecule has 1 saturated heterocycles. The minimum Gasteiger partial charge on any atom is -0.494 e. The fourth-order valence-corrected chi connectivity index (χ4v) is 4.87. The average Bonchev–Trinajstić information content (AvgIpc) is 3.48. The zero-order valence-corrected chi connectivity index (χ0v) is 19.9. The molecular formula is C22H25ClN4O5S. The Hall–Kier alpha value is -2.82. The van der Waals surface area contributed by atoms with Gasteiger partial charge in [-0.3, -0.25) is 9.29 Å². The second kappa shape index (κ2) is 9.98. The molecule has 3 aromatic rings. The van der Waals surface area contributed by atoms with Gasteiger partial charge in [-0.15, -0.1) is 10.2 Å². The van der Waals surface area contributed by atoms with Crippen LogP contribution in [0, 0.1) is 0 Å². The molecule has 176 valence electrons. The van der Waals surface area contributed by atoms with E-state index in [1.165, 1.54) is 14.2 Å². The molecule has 9 nitrogen and oxygen atoms in total. The zero-order chi connectivity index (χ0) is 23.4. The van der Waals surface area contributed by atoms with Gasteiger partial charge in [0.05, 0.1) is 26.6 Å². The van der Waals surface area contributed by atoms with Crippen LogP contribution in [0.3, 0.4) is 0 Å². The number of para-hydroxylation sites is 1. The summed E-state index contributed by atoms with van der Waals surface area (Å²) < 4.78 is 46.8. The second-order valence-corrected chi connectivity index (χ2v) is 9.86. The first-order valence-electron chi connectivity index (χ1n) is 10.4. The Labute approximate surface area is 197 Å². The Balaban J connectivity index is 1.70. The van der Waals surface area contributed by atoms with Gasteiger partial charge >= 0.3 is 0 Å². The number of ether oxygens (including phenoxy) is 3. The summed E-state index contributed by atoms with van der Waals surface area (Å²) >= 11 is 5.91. The van der Waals surface area contributed by atoms with Crippen molar-refractivity contribution in [3.05, 3.63) is 58.9 Å². The van der Waals surface area contributed by atoms with Gasteiger partial charge in [0.1, 0.15) is 23.0 Å². The highest BCUT2D eigenvalue weighted by molar-refractivity contribution is 7.92. The molecule has 0 spiro atoms. The van der Waals surface area contributed by atoms with E-state index in [1.807, 2.05) is 0 Å². The van der Waals surface area contributed by atoms with Gasteiger partial charge < -0.3 is 14.2 Å². The maximum atomic E-state index is 13.0. The Bertz CT molecular complexity index is 1190. The van der Waals surface area contributed by atoms with Crippen LogP contribution in [-0.4, -0.2) is 56.4 Å². The van der Waals surface area contributed by atoms with Gasteiger partial charge in [-0.05, 0) is 42.7 Å². The van der Waals surface area contributed by atoms with E-state index in [9.17, 15) is 8.42 Å². The van der Waals surface area contributed by atoms with Crippen LogP contribution >= 0.6 is 11.6 Å². The fraction of sp³-hybridized carbons (Fsp3) is 0.364. The van der Waals surface area contributed by atoms with Crippen LogP contribution in [-0.2, 0) is 21.2 Å². The predicted molar refractivity (Wildman–Crippen MR) is 125 cm³/mol. The molecule has 0 radical (unpaired) electrons. The third kappa shape index (κ3) is 5.23. The number of nitrogens with zero attached hydrogens (tertiary/aromatic N) is 3. The summed E-state index contributed by atoms with van der Waals surface area (Å²) in [5.41, 5.74) is 1.38. The summed E-state index contributed by atoms with van der Waals surface area (Å²) in [4.78, 5) is 0. The van der Waals surface area contributed by atoms with E-state index < -0.39 is 10.0 Å². The van der Waals surface area contributed by atoms with Crippen LogP contribution < -0.4 is 14.2 Å². The molecule has 0 unspecified atom stereocenters. The Morgan fingerprint density at radius 3 is 2.42 bits per heavy atom. The topological polar surface area (TPSA) is 105 Å². The number of hydrogen-bond acceptors (Lipinski definition) is 7. The molecule has 1 N–H and O–H groups in total. The van der Waals surface area contributed by atoms with Crippen LogP contribution in [0.1, 0.15) is 23.7 Å². The van der Waals surface area contributed by atoms with Crippen molar-refractivity contribution in [2.45, 2.75) is 18.8 Å². The summed E-state index contributed by atoms with van der Waals surface area (Å²) in [5.74, 6) is 1.46. The van der Waals surface area contributed by atoms with Crippen molar-refractivity contribution in [2.75, 3.05) is 37.9 Å². The number of hydrogen-bond donors (Lipinski definition) is 1. The third-order valence-electron chi connectivity index (χ3n) is 5.43. The largest absolute Gasteiger partial charge is 0.494 e. The number of rotatable bonds is 9. The highest BCUT2D eigenvalue weighted by Gasteiger charge is 2.30. The smallest absolute Gasteiger partial charge is 0.243 e. The van der Waals surface area contributed by atoms with E-state index in [0.29, 0.717) is 47.7 Å². The molecule has 2 heterocycles. The van der Waals surface area contributed by atoms with Gasteiger partial charge in [-0.25, -0.2) is 8.42 Å². The molecule has 11 heteroatoms. The minimum atomic E-state index is -3.74. The number of aromatic nitrogens is 3. The van der Waals surface area contributed by atoms with E-state index in [2.05, 4.69) is 14.9 Å². The SMILES string of the molecule is COc1cccc(OC)c1-n1c(NS(=O)(=O)CCc2ccc(Cl)cc2)nnc1[C@H]1CCOC1. The van der Waals surface area contributed by atoms with Crippen molar-refractivity contribution >= 4 is 27.6 Å². The van der Waals surface area contributed by atoms with Gasteiger partial charge in [0.25, 0.3) is 0 Å². The van der Waals surface area contributed by atoms with Crippen LogP contribution in [0.15, 0.2) is 42.5 Å². The van der Waals surface area contributed by atoms with E-state index in [1.54, 1.807) is 47.0 Å². The van der Waals surface area contributed by atoms with Crippen molar-refractivity contribution in [1.29, 1.82) is 0 Å². The number of sulfonamides is 1. The maximum absolute atomic E-state index is 13.0. The van der Waals surface area contributed by atoms with Gasteiger partial charge in [0.2, 0.25) is 16.0 Å². The van der Waals surface area contributed by atoms with Crippen LogP contribution in [0.2, 0.25) is 5.02 Å². The molecule has 0 aliphatic carbocycles. The monoisotopic (exact) mass is 492 g/mol. The molecule has 1 aliphatic heterocycles. The summed E-state index contributed by atoms with van der Waals surface area (Å²) in [7, 11) is -0.665. The quantitative estimate of drug-likeness (QED) is 0.488. The lowest BCUT2D eigenvalue weighted by molar-refractivity contribution is 0.193. The third-order valence-corrected chi connectivity index (χ3v) is 6.91. The normalized spacial score (nSPS) is 16.0. The molecule has 0 bridgehead atoms. The second-order valence-electron chi connectivity index (χ2n) is 7.59. The number of methoxy groups -OCH3 is 2. The number of anilines is 1. The van der Waals surface area contributed by atoms with E-state index >= 15 is 0 Å². The number of aryl methyl sites for hydroxylation is 1. The Morgan fingerprint density at radius 1 is 1.12 bits per heavy atom. The van der Waals surface area contributed by atoms with Crippen molar-refractivity contribution in [1.82, 2.24) is 14.8 Å². The molecule has 1 atom stereocenters. The Morgan fingerprint density at radius 2 is 1.82 bits per heavy atom. The number of nitrogens with one attached hydrogen (secondary N) is 1. The maximum Gasteiger partial charge on any atom is 0.243 e. The van der Waals surface area contributed by atoms with E-state index in [-0.39, 0.29) is 17.6 Å². The average molecular weight is 493 g/mol. The molecule has 1 fully saturated rings. The number of halogens is 1. The van der Waals surface area contributed by atoms with Crippen molar-refractivity contribution < 1.29 is 22.6 Å². The molecule has 0 saturated carbocycles. The molecule has 2 aromatic carbocycles. The van der Waals surface area contributed by atoms with Crippen molar-refractivity contribution in [3.8, 4) is 17.2 Å². The van der Waals surface area contributed by atoms with Gasteiger partial charge in [0, 0.05) is 17.5 Å². The van der Waals surface area contributed by atoms with Gasteiger partial charge in [-0.2, -0.15) is 0 Å². The standard InChI is InChI=1S/C22H25ClN4O5S/c1-30-18-4-3-5-19(31-2)20(18)27-21(16-10-12-32-14-16)24-25-22(27)26-33(28,29)13-11-15-6-8-17(23)9-7-15/h3-9,16H,10-14H2,1-2H3,(H,25,26)/t16-/m0/s1. The summed E-state index contributed by atoms with van der Waals surface area (Å²) in [6, 6.07) is 12.4. The molecular weight excluding hydrogens is 468 g/mol. The van der Waals surface area contributed by atoms with Gasteiger partial charge in [0.15, 0.2) is 0 Å². The highest BCUT2D eigenvalue weighted by atomic mass is 35.5. The van der Waals surface area contributed by atoms with Crippen molar-refractivity contribution in [2.24, 2.45) is 0 Å². The number of benzene rings is 2. The lowest BCUT2D eigenvalue weighted by Crippen LogP contribution is -2.21. The predicted octanol–water partition coefficient (Wildman–Crippen LogP) is 3.43. The van der Waals surface area contributed by atoms with Crippen molar-refractivity contribution in [3.63, 3.8) is 0 Å². The summed E-state index contributed by atoms with van der Waals surface area (Å²) in [6.07, 6.45) is 1.07. The lowest BCUT2D eigenvalue weighted by atomic mass is 10.1. The van der Waals surface area contributed by atoms with Gasteiger partial charge in [-0.1, -0.05) is 29.8 Å². The lowest BCUT2D eigenvalue weighted by Gasteiger charge is -2.19. The molecule has 0 amide bonds. The highest BCUT2D eigenvalue weighted by Crippen LogP contribution is 2.38. The molecule has 33 heavy (non-hydrogen) atoms. The molecule has 1 aromatic heterocycles.